The smallest absolute Gasteiger partial charge is 0.309 e. The first kappa shape index (κ1) is 25.7. The molecular formula is C26H40N4O5. The number of amides is 2. The molecule has 4 heterocycles. The highest BCUT2D eigenvalue weighted by molar-refractivity contribution is 5.94. The molecule has 1 aromatic rings. The highest BCUT2D eigenvalue weighted by Crippen LogP contribution is 2.39. The van der Waals surface area contributed by atoms with Crippen LogP contribution in [0.1, 0.15) is 75.1 Å². The number of nitrogens with zero attached hydrogens (tertiary/aromatic N) is 3. The molecule has 0 radical (unpaired) electrons. The lowest BCUT2D eigenvalue weighted by Gasteiger charge is -2.36. The van der Waals surface area contributed by atoms with Crippen molar-refractivity contribution in [2.45, 2.75) is 72.8 Å². The van der Waals surface area contributed by atoms with Crippen molar-refractivity contribution in [1.82, 2.24) is 20.0 Å². The number of aryl methyl sites for hydroxylation is 1. The summed E-state index contributed by atoms with van der Waals surface area (Å²) in [7, 11) is 0. The molecule has 9 heteroatoms. The Kier molecular flexibility index (Phi) is 7.54. The summed E-state index contributed by atoms with van der Waals surface area (Å²) >= 11 is 0. The predicted molar refractivity (Wildman–Crippen MR) is 130 cm³/mol. The number of hydrogen-bond acceptors (Lipinski definition) is 6. The van der Waals surface area contributed by atoms with Gasteiger partial charge in [0.1, 0.15) is 5.69 Å². The number of nitrogens with one attached hydrogen (secondary N) is 1. The number of ether oxygens (including phenoxy) is 2. The lowest BCUT2D eigenvalue weighted by molar-refractivity contribution is -0.154. The molecule has 2 saturated heterocycles. The van der Waals surface area contributed by atoms with E-state index < -0.39 is 0 Å². The Hall–Kier alpha value is -2.42. The summed E-state index contributed by atoms with van der Waals surface area (Å²) in [5.74, 6) is -0.335. The number of fused-ring (bicyclic) bond motifs is 1. The van der Waals surface area contributed by atoms with Crippen LogP contribution in [-0.2, 0) is 38.4 Å². The quantitative estimate of drug-likeness (QED) is 0.617. The van der Waals surface area contributed by atoms with Crippen molar-refractivity contribution in [2.24, 2.45) is 16.7 Å². The average molecular weight is 489 g/mol. The number of hydrogen-bond donors (Lipinski definition) is 1. The Morgan fingerprint density at radius 1 is 1.23 bits per heavy atom. The summed E-state index contributed by atoms with van der Waals surface area (Å²) in [4.78, 5) is 39.1. The molecule has 9 nitrogen and oxygen atoms in total. The molecule has 4 rings (SSSR count). The van der Waals surface area contributed by atoms with Crippen molar-refractivity contribution in [3.63, 3.8) is 0 Å². The summed E-state index contributed by atoms with van der Waals surface area (Å²) in [5, 5.41) is 8.00. The number of carbonyl (C=O) groups excluding carboxylic acids is 3. The molecule has 3 aliphatic heterocycles. The molecule has 0 unspecified atom stereocenters. The summed E-state index contributed by atoms with van der Waals surface area (Å²) in [6, 6.07) is 0. The number of rotatable bonds is 6. The van der Waals surface area contributed by atoms with Crippen molar-refractivity contribution in [2.75, 3.05) is 39.5 Å². The van der Waals surface area contributed by atoms with Crippen LogP contribution in [0.5, 0.6) is 0 Å². The molecular weight excluding hydrogens is 448 g/mol. The van der Waals surface area contributed by atoms with Crippen LogP contribution in [0.4, 0.5) is 0 Å². The number of esters is 1. The first-order valence-corrected chi connectivity index (χ1v) is 13.0. The van der Waals surface area contributed by atoms with E-state index in [0.29, 0.717) is 51.1 Å². The number of carbonyl (C=O) groups is 3. The lowest BCUT2D eigenvalue weighted by Crippen LogP contribution is -2.41. The zero-order valence-corrected chi connectivity index (χ0v) is 21.7. The zero-order chi connectivity index (χ0) is 25.2. The van der Waals surface area contributed by atoms with Crippen LogP contribution < -0.4 is 5.32 Å². The average Bonchev–Trinajstić information content (AvgIpc) is 3.10. The number of likely N-dealkylation sites (tertiary alicyclic amines) is 1. The van der Waals surface area contributed by atoms with E-state index in [0.717, 1.165) is 43.7 Å². The minimum Gasteiger partial charge on any atom is -0.465 e. The van der Waals surface area contributed by atoms with Crippen LogP contribution >= 0.6 is 0 Å². The Bertz CT molecular complexity index is 955. The Balaban J connectivity index is 1.45. The van der Waals surface area contributed by atoms with Gasteiger partial charge in [0, 0.05) is 63.7 Å². The molecule has 35 heavy (non-hydrogen) atoms. The molecule has 0 aliphatic carbocycles. The molecule has 2 amide bonds. The minimum absolute atomic E-state index is 0.000854. The predicted octanol–water partition coefficient (Wildman–Crippen LogP) is 2.36. The van der Waals surface area contributed by atoms with Gasteiger partial charge >= 0.3 is 5.97 Å². The monoisotopic (exact) mass is 488 g/mol. The third-order valence-electron chi connectivity index (χ3n) is 7.90. The van der Waals surface area contributed by atoms with Gasteiger partial charge in [-0.2, -0.15) is 5.10 Å². The van der Waals surface area contributed by atoms with Crippen molar-refractivity contribution >= 4 is 17.8 Å². The van der Waals surface area contributed by atoms with Gasteiger partial charge in [0.25, 0.3) is 5.91 Å². The van der Waals surface area contributed by atoms with Crippen molar-refractivity contribution < 1.29 is 23.9 Å². The molecule has 0 bridgehead atoms. The van der Waals surface area contributed by atoms with Gasteiger partial charge in [-0.3, -0.25) is 19.1 Å². The van der Waals surface area contributed by atoms with Crippen LogP contribution in [0.3, 0.4) is 0 Å². The van der Waals surface area contributed by atoms with Gasteiger partial charge in [-0.1, -0.05) is 13.8 Å². The topological polar surface area (TPSA) is 103 Å². The molecule has 0 atom stereocenters. The largest absolute Gasteiger partial charge is 0.465 e. The zero-order valence-electron chi connectivity index (χ0n) is 21.7. The number of piperidine rings is 1. The minimum atomic E-state index is -0.331. The third kappa shape index (κ3) is 5.71. The summed E-state index contributed by atoms with van der Waals surface area (Å²) < 4.78 is 13.2. The number of aromatic nitrogens is 2. The Labute approximate surface area is 207 Å². The normalized spacial score (nSPS) is 20.8. The molecule has 3 aliphatic rings. The van der Waals surface area contributed by atoms with Crippen molar-refractivity contribution in [3.05, 3.63) is 17.0 Å². The summed E-state index contributed by atoms with van der Waals surface area (Å²) in [6.07, 6.45) is 4.57. The van der Waals surface area contributed by atoms with Crippen molar-refractivity contribution in [1.29, 1.82) is 0 Å². The maximum atomic E-state index is 13.0. The van der Waals surface area contributed by atoms with E-state index >= 15 is 0 Å². The maximum Gasteiger partial charge on any atom is 0.309 e. The molecule has 2 fully saturated rings. The molecule has 1 aromatic heterocycles. The van der Waals surface area contributed by atoms with Gasteiger partial charge < -0.3 is 19.7 Å². The van der Waals surface area contributed by atoms with Crippen LogP contribution in [0.2, 0.25) is 0 Å². The van der Waals surface area contributed by atoms with Crippen LogP contribution in [0, 0.1) is 16.7 Å². The molecule has 1 spiro atoms. The van der Waals surface area contributed by atoms with Gasteiger partial charge in [-0.25, -0.2) is 0 Å². The SMILES string of the molecule is CCn1nc(CC(C)(C)COC(=O)C2CCN(C(C)=O)CC2)c2c1C(=O)NCC1(CCOCC1)C2. The second-order valence-corrected chi connectivity index (χ2v) is 11.3. The fourth-order valence-electron chi connectivity index (χ4n) is 5.63. The Morgan fingerprint density at radius 3 is 2.54 bits per heavy atom. The second kappa shape index (κ2) is 10.3. The fourth-order valence-corrected chi connectivity index (χ4v) is 5.63. The standard InChI is InChI=1S/C26H40N4O5/c1-5-30-22-20(14-26(16-27-23(22)32)8-12-34-13-9-26)21(28-30)15-25(3,4)17-35-24(33)19-6-10-29(11-7-19)18(2)31/h19H,5-17H2,1-4H3,(H,27,32). The van der Waals surface area contributed by atoms with E-state index in [9.17, 15) is 14.4 Å². The van der Waals surface area contributed by atoms with E-state index in [4.69, 9.17) is 14.6 Å². The van der Waals surface area contributed by atoms with Gasteiger partial charge in [0.2, 0.25) is 5.91 Å². The first-order chi connectivity index (χ1) is 16.6. The second-order valence-electron chi connectivity index (χ2n) is 11.3. The third-order valence-corrected chi connectivity index (χ3v) is 7.90. The lowest BCUT2D eigenvalue weighted by atomic mass is 9.74. The van der Waals surface area contributed by atoms with E-state index in [1.54, 1.807) is 11.8 Å². The van der Waals surface area contributed by atoms with Crippen LogP contribution in [0.15, 0.2) is 0 Å². The van der Waals surface area contributed by atoms with Gasteiger partial charge in [-0.15, -0.1) is 0 Å². The highest BCUT2D eigenvalue weighted by Gasteiger charge is 2.40. The molecule has 1 N–H and O–H groups in total. The van der Waals surface area contributed by atoms with Gasteiger partial charge in [0.05, 0.1) is 18.2 Å². The van der Waals surface area contributed by atoms with Crippen molar-refractivity contribution in [3.8, 4) is 0 Å². The molecule has 0 aromatic carbocycles. The van der Waals surface area contributed by atoms with Gasteiger partial charge in [-0.05, 0) is 44.4 Å². The van der Waals surface area contributed by atoms with E-state index in [-0.39, 0.29) is 41.1 Å². The van der Waals surface area contributed by atoms with Crippen LogP contribution in [0.25, 0.3) is 0 Å². The van der Waals surface area contributed by atoms with E-state index in [1.165, 1.54) is 0 Å². The molecule has 194 valence electrons. The summed E-state index contributed by atoms with van der Waals surface area (Å²) in [5.41, 5.74) is 2.32. The van der Waals surface area contributed by atoms with E-state index in [1.807, 2.05) is 11.6 Å². The first-order valence-electron chi connectivity index (χ1n) is 13.0. The highest BCUT2D eigenvalue weighted by atomic mass is 16.5. The molecule has 0 saturated carbocycles. The maximum absolute atomic E-state index is 13.0. The van der Waals surface area contributed by atoms with E-state index in [2.05, 4.69) is 19.2 Å². The fraction of sp³-hybridized carbons (Fsp3) is 0.769. The Morgan fingerprint density at radius 2 is 1.91 bits per heavy atom. The van der Waals surface area contributed by atoms with Gasteiger partial charge in [0.15, 0.2) is 0 Å². The van der Waals surface area contributed by atoms with Crippen LogP contribution in [-0.4, -0.2) is 71.9 Å². The summed E-state index contributed by atoms with van der Waals surface area (Å²) in [6.45, 7) is 12.0.